The Bertz CT molecular complexity index is 454. The van der Waals surface area contributed by atoms with Crippen LogP contribution in [0.1, 0.15) is 44.1 Å². The SMILES string of the molecule is Cc1cc(Cl)ccc1OCC(=O)NC1CCCCCC1. The van der Waals surface area contributed by atoms with Gasteiger partial charge in [-0.15, -0.1) is 0 Å². The predicted octanol–water partition coefficient (Wildman–Crippen LogP) is 3.87. The fraction of sp³-hybridized carbons (Fsp3) is 0.562. The lowest BCUT2D eigenvalue weighted by atomic mass is 10.1. The van der Waals surface area contributed by atoms with Gasteiger partial charge >= 0.3 is 0 Å². The lowest BCUT2D eigenvalue weighted by molar-refractivity contribution is -0.123. The quantitative estimate of drug-likeness (QED) is 0.857. The van der Waals surface area contributed by atoms with Crippen molar-refractivity contribution < 1.29 is 9.53 Å². The number of rotatable bonds is 4. The van der Waals surface area contributed by atoms with Crippen molar-refractivity contribution in [2.75, 3.05) is 6.61 Å². The number of hydrogen-bond donors (Lipinski definition) is 1. The van der Waals surface area contributed by atoms with Gasteiger partial charge in [0.15, 0.2) is 6.61 Å². The Morgan fingerprint density at radius 1 is 1.30 bits per heavy atom. The molecule has 4 heteroatoms. The number of benzene rings is 1. The molecule has 0 atom stereocenters. The van der Waals surface area contributed by atoms with Gasteiger partial charge in [-0.3, -0.25) is 4.79 Å². The molecule has 1 fully saturated rings. The summed E-state index contributed by atoms with van der Waals surface area (Å²) in [4.78, 5) is 11.9. The van der Waals surface area contributed by atoms with Crippen LogP contribution in [-0.2, 0) is 4.79 Å². The molecule has 2 rings (SSSR count). The van der Waals surface area contributed by atoms with Crippen LogP contribution in [0.4, 0.5) is 0 Å². The maximum Gasteiger partial charge on any atom is 0.258 e. The van der Waals surface area contributed by atoms with Crippen LogP contribution >= 0.6 is 11.6 Å². The van der Waals surface area contributed by atoms with E-state index >= 15 is 0 Å². The summed E-state index contributed by atoms with van der Waals surface area (Å²) in [5.74, 6) is 0.677. The van der Waals surface area contributed by atoms with Crippen LogP contribution < -0.4 is 10.1 Å². The molecule has 0 aromatic heterocycles. The van der Waals surface area contributed by atoms with Gasteiger partial charge in [-0.1, -0.05) is 37.3 Å². The largest absolute Gasteiger partial charge is 0.484 e. The summed E-state index contributed by atoms with van der Waals surface area (Å²) in [5.41, 5.74) is 0.944. The Hall–Kier alpha value is -1.22. The summed E-state index contributed by atoms with van der Waals surface area (Å²) in [6.07, 6.45) is 7.17. The van der Waals surface area contributed by atoms with Crippen LogP contribution in [0.25, 0.3) is 0 Å². The van der Waals surface area contributed by atoms with Crippen molar-refractivity contribution in [1.82, 2.24) is 5.32 Å². The van der Waals surface area contributed by atoms with Crippen molar-refractivity contribution in [3.8, 4) is 5.75 Å². The van der Waals surface area contributed by atoms with Crippen LogP contribution in [0.2, 0.25) is 5.02 Å². The smallest absolute Gasteiger partial charge is 0.258 e. The normalized spacial score (nSPS) is 16.5. The Kier molecular flexibility index (Phi) is 5.72. The molecule has 1 aromatic carbocycles. The fourth-order valence-corrected chi connectivity index (χ4v) is 2.84. The molecule has 1 amide bonds. The zero-order valence-electron chi connectivity index (χ0n) is 12.0. The molecule has 0 radical (unpaired) electrons. The Morgan fingerprint density at radius 3 is 2.65 bits per heavy atom. The maximum atomic E-state index is 11.9. The second kappa shape index (κ2) is 7.53. The third kappa shape index (κ3) is 4.71. The number of hydrogen-bond acceptors (Lipinski definition) is 2. The second-order valence-corrected chi connectivity index (χ2v) is 5.89. The minimum Gasteiger partial charge on any atom is -0.484 e. The molecular formula is C16H22ClNO2. The monoisotopic (exact) mass is 295 g/mol. The topological polar surface area (TPSA) is 38.3 Å². The van der Waals surface area contributed by atoms with E-state index < -0.39 is 0 Å². The number of carbonyl (C=O) groups excluding carboxylic acids is 1. The van der Waals surface area contributed by atoms with E-state index in [4.69, 9.17) is 16.3 Å². The van der Waals surface area contributed by atoms with Crippen LogP contribution in [0.5, 0.6) is 5.75 Å². The highest BCUT2D eigenvalue weighted by Gasteiger charge is 2.15. The van der Waals surface area contributed by atoms with Crippen molar-refractivity contribution in [2.24, 2.45) is 0 Å². The number of halogens is 1. The molecular weight excluding hydrogens is 274 g/mol. The fourth-order valence-electron chi connectivity index (χ4n) is 2.61. The van der Waals surface area contributed by atoms with Gasteiger partial charge in [0.1, 0.15) is 5.75 Å². The molecule has 0 unspecified atom stereocenters. The molecule has 1 aromatic rings. The number of nitrogens with one attached hydrogen (secondary N) is 1. The average Bonchev–Trinajstić information content (AvgIpc) is 2.66. The molecule has 20 heavy (non-hydrogen) atoms. The van der Waals surface area contributed by atoms with E-state index in [2.05, 4.69) is 5.32 Å². The first kappa shape index (κ1) is 15.2. The van der Waals surface area contributed by atoms with Crippen molar-refractivity contribution >= 4 is 17.5 Å². The van der Waals surface area contributed by atoms with Crippen molar-refractivity contribution in [3.05, 3.63) is 28.8 Å². The molecule has 1 aliphatic carbocycles. The summed E-state index contributed by atoms with van der Waals surface area (Å²) < 4.78 is 5.56. The number of amides is 1. The average molecular weight is 296 g/mol. The highest BCUT2D eigenvalue weighted by molar-refractivity contribution is 6.30. The van der Waals surface area contributed by atoms with Gasteiger partial charge in [0.05, 0.1) is 0 Å². The van der Waals surface area contributed by atoms with E-state index in [0.717, 1.165) is 18.4 Å². The molecule has 3 nitrogen and oxygen atoms in total. The first-order chi connectivity index (χ1) is 9.65. The minimum atomic E-state index is -0.0359. The summed E-state index contributed by atoms with van der Waals surface area (Å²) in [6.45, 7) is 1.99. The van der Waals surface area contributed by atoms with Gasteiger partial charge in [0.25, 0.3) is 5.91 Å². The van der Waals surface area contributed by atoms with Crippen molar-refractivity contribution in [3.63, 3.8) is 0 Å². The molecule has 0 aliphatic heterocycles. The molecule has 0 saturated heterocycles. The zero-order chi connectivity index (χ0) is 14.4. The third-order valence-corrected chi connectivity index (χ3v) is 3.95. The van der Waals surface area contributed by atoms with E-state index in [9.17, 15) is 4.79 Å². The van der Waals surface area contributed by atoms with Gasteiger partial charge in [-0.05, 0) is 43.5 Å². The van der Waals surface area contributed by atoms with Crippen molar-refractivity contribution in [1.29, 1.82) is 0 Å². The minimum absolute atomic E-state index is 0.0359. The second-order valence-electron chi connectivity index (χ2n) is 5.45. The number of carbonyl (C=O) groups is 1. The van der Waals surface area contributed by atoms with Gasteiger partial charge in [-0.25, -0.2) is 0 Å². The van der Waals surface area contributed by atoms with Crippen LogP contribution in [0.15, 0.2) is 18.2 Å². The Balaban J connectivity index is 1.79. The van der Waals surface area contributed by atoms with Crippen LogP contribution in [0.3, 0.4) is 0 Å². The molecule has 0 heterocycles. The number of aryl methyl sites for hydroxylation is 1. The van der Waals surface area contributed by atoms with E-state index in [1.165, 1.54) is 25.7 Å². The summed E-state index contributed by atoms with van der Waals surface area (Å²) in [6, 6.07) is 5.73. The first-order valence-electron chi connectivity index (χ1n) is 7.33. The van der Waals surface area contributed by atoms with Crippen molar-refractivity contribution in [2.45, 2.75) is 51.5 Å². The van der Waals surface area contributed by atoms with E-state index in [1.54, 1.807) is 12.1 Å². The standard InChI is InChI=1S/C16H22ClNO2/c1-12-10-13(17)8-9-15(12)20-11-16(19)18-14-6-4-2-3-5-7-14/h8-10,14H,2-7,11H2,1H3,(H,18,19). The Morgan fingerprint density at radius 2 is 2.00 bits per heavy atom. The molecule has 0 bridgehead atoms. The van der Waals surface area contributed by atoms with Gasteiger partial charge in [0, 0.05) is 11.1 Å². The molecule has 0 spiro atoms. The highest BCUT2D eigenvalue weighted by atomic mass is 35.5. The molecule has 110 valence electrons. The molecule has 1 aliphatic rings. The predicted molar refractivity (Wildman–Crippen MR) is 81.3 cm³/mol. The molecule has 1 N–H and O–H groups in total. The van der Waals surface area contributed by atoms with Gasteiger partial charge in [0.2, 0.25) is 0 Å². The van der Waals surface area contributed by atoms with Gasteiger partial charge < -0.3 is 10.1 Å². The first-order valence-corrected chi connectivity index (χ1v) is 7.71. The lowest BCUT2D eigenvalue weighted by Gasteiger charge is -2.16. The summed E-state index contributed by atoms with van der Waals surface area (Å²) in [5, 5.41) is 3.75. The lowest BCUT2D eigenvalue weighted by Crippen LogP contribution is -2.37. The zero-order valence-corrected chi connectivity index (χ0v) is 12.7. The van der Waals surface area contributed by atoms with E-state index in [-0.39, 0.29) is 12.5 Å². The van der Waals surface area contributed by atoms with E-state index in [0.29, 0.717) is 16.8 Å². The summed E-state index contributed by atoms with van der Waals surface area (Å²) >= 11 is 5.89. The van der Waals surface area contributed by atoms with E-state index in [1.807, 2.05) is 13.0 Å². The summed E-state index contributed by atoms with van der Waals surface area (Å²) in [7, 11) is 0. The maximum absolute atomic E-state index is 11.9. The highest BCUT2D eigenvalue weighted by Crippen LogP contribution is 2.22. The van der Waals surface area contributed by atoms with Crippen LogP contribution in [0, 0.1) is 6.92 Å². The van der Waals surface area contributed by atoms with Crippen LogP contribution in [-0.4, -0.2) is 18.6 Å². The van der Waals surface area contributed by atoms with Gasteiger partial charge in [-0.2, -0.15) is 0 Å². The third-order valence-electron chi connectivity index (χ3n) is 3.72. The number of ether oxygens (including phenoxy) is 1. The Labute approximate surface area is 125 Å². The molecule has 1 saturated carbocycles.